The van der Waals surface area contributed by atoms with Gasteiger partial charge in [0.2, 0.25) is 5.82 Å². The van der Waals surface area contributed by atoms with Crippen molar-refractivity contribution in [2.24, 2.45) is 0 Å². The standard InChI is InChI=1S/C22H23N3O4/c1-15-8-10-16(11-9-15)21-24-22(29-25-21)18-6-2-3-7-19(18)28-14-20(26)23-13-17-5-4-12-27-17/h2-3,6-11,17H,4-5,12-14H2,1H3,(H,23,26)/t17-/m0/s1. The quantitative estimate of drug-likeness (QED) is 0.662. The Morgan fingerprint density at radius 1 is 1.21 bits per heavy atom. The van der Waals surface area contributed by atoms with E-state index < -0.39 is 0 Å². The Bertz CT molecular complexity index is 962. The van der Waals surface area contributed by atoms with E-state index in [1.807, 2.05) is 49.4 Å². The van der Waals surface area contributed by atoms with Crippen LogP contribution in [-0.4, -0.2) is 41.9 Å². The number of benzene rings is 2. The Balaban J connectivity index is 1.41. The molecule has 0 unspecified atom stereocenters. The Morgan fingerprint density at radius 3 is 2.83 bits per heavy atom. The number of rotatable bonds is 7. The fourth-order valence-electron chi connectivity index (χ4n) is 3.15. The number of ether oxygens (including phenoxy) is 2. The smallest absolute Gasteiger partial charge is 0.262 e. The molecule has 7 heteroatoms. The number of aromatic nitrogens is 2. The Labute approximate surface area is 169 Å². The van der Waals surface area contributed by atoms with Crippen LogP contribution in [0.4, 0.5) is 0 Å². The molecule has 2 aromatic carbocycles. The summed E-state index contributed by atoms with van der Waals surface area (Å²) in [5, 5.41) is 6.91. The Kier molecular flexibility index (Phi) is 5.86. The highest BCUT2D eigenvalue weighted by molar-refractivity contribution is 5.78. The van der Waals surface area contributed by atoms with Gasteiger partial charge < -0.3 is 19.3 Å². The monoisotopic (exact) mass is 393 g/mol. The molecule has 0 spiro atoms. The van der Waals surface area contributed by atoms with Gasteiger partial charge in [-0.05, 0) is 31.9 Å². The molecule has 4 rings (SSSR count). The lowest BCUT2D eigenvalue weighted by molar-refractivity contribution is -0.123. The van der Waals surface area contributed by atoms with Crippen LogP contribution in [0.15, 0.2) is 53.1 Å². The Morgan fingerprint density at radius 2 is 2.03 bits per heavy atom. The molecular weight excluding hydrogens is 370 g/mol. The predicted octanol–water partition coefficient (Wildman–Crippen LogP) is 3.39. The van der Waals surface area contributed by atoms with E-state index in [-0.39, 0.29) is 18.6 Å². The molecule has 1 saturated heterocycles. The number of nitrogens with zero attached hydrogens (tertiary/aromatic N) is 2. The van der Waals surface area contributed by atoms with Crippen LogP contribution in [0.1, 0.15) is 18.4 Å². The molecule has 1 aromatic heterocycles. The first kappa shape index (κ1) is 19.1. The number of hydrogen-bond acceptors (Lipinski definition) is 6. The van der Waals surface area contributed by atoms with Crippen molar-refractivity contribution in [2.75, 3.05) is 19.8 Å². The number of para-hydroxylation sites is 1. The van der Waals surface area contributed by atoms with Gasteiger partial charge in [0.05, 0.1) is 11.7 Å². The van der Waals surface area contributed by atoms with Gasteiger partial charge >= 0.3 is 0 Å². The van der Waals surface area contributed by atoms with E-state index in [0.717, 1.165) is 30.6 Å². The van der Waals surface area contributed by atoms with Crippen molar-refractivity contribution in [3.63, 3.8) is 0 Å². The lowest BCUT2D eigenvalue weighted by atomic mass is 10.1. The van der Waals surface area contributed by atoms with Crippen LogP contribution in [0.5, 0.6) is 5.75 Å². The third kappa shape index (κ3) is 4.81. The molecule has 1 aliphatic rings. The highest BCUT2D eigenvalue weighted by Crippen LogP contribution is 2.30. The lowest BCUT2D eigenvalue weighted by Crippen LogP contribution is -2.35. The zero-order valence-electron chi connectivity index (χ0n) is 16.3. The number of aryl methyl sites for hydroxylation is 1. The number of carbonyl (C=O) groups excluding carboxylic acids is 1. The van der Waals surface area contributed by atoms with Crippen LogP contribution in [0.2, 0.25) is 0 Å². The summed E-state index contributed by atoms with van der Waals surface area (Å²) in [7, 11) is 0. The molecule has 1 atom stereocenters. The van der Waals surface area contributed by atoms with E-state index in [1.54, 1.807) is 6.07 Å². The molecule has 0 bridgehead atoms. The summed E-state index contributed by atoms with van der Waals surface area (Å²) in [4.78, 5) is 16.6. The van der Waals surface area contributed by atoms with Gasteiger partial charge in [-0.2, -0.15) is 4.98 Å². The SMILES string of the molecule is Cc1ccc(-c2noc(-c3ccccc3OCC(=O)NC[C@@H]3CCCO3)n2)cc1. The maximum absolute atomic E-state index is 12.1. The minimum Gasteiger partial charge on any atom is -0.483 e. The molecule has 1 amide bonds. The number of carbonyl (C=O) groups is 1. The van der Waals surface area contributed by atoms with Gasteiger partial charge in [0, 0.05) is 18.7 Å². The fourth-order valence-corrected chi connectivity index (χ4v) is 3.15. The van der Waals surface area contributed by atoms with Gasteiger partial charge in [-0.15, -0.1) is 0 Å². The summed E-state index contributed by atoms with van der Waals surface area (Å²) >= 11 is 0. The second-order valence-electron chi connectivity index (χ2n) is 7.01. The van der Waals surface area contributed by atoms with Gasteiger partial charge in [0.25, 0.3) is 11.8 Å². The average Bonchev–Trinajstić information content (AvgIpc) is 3.44. The number of nitrogens with one attached hydrogen (secondary N) is 1. The molecule has 150 valence electrons. The van der Waals surface area contributed by atoms with Crippen molar-refractivity contribution >= 4 is 5.91 Å². The van der Waals surface area contributed by atoms with Crippen LogP contribution in [0, 0.1) is 6.92 Å². The average molecular weight is 393 g/mol. The van der Waals surface area contributed by atoms with Gasteiger partial charge in [-0.25, -0.2) is 0 Å². The highest BCUT2D eigenvalue weighted by Gasteiger charge is 2.18. The Hall–Kier alpha value is -3.19. The molecule has 1 fully saturated rings. The second kappa shape index (κ2) is 8.87. The van der Waals surface area contributed by atoms with Crippen LogP contribution in [0.3, 0.4) is 0 Å². The van der Waals surface area contributed by atoms with Gasteiger partial charge in [-0.3, -0.25) is 4.79 Å². The first-order chi connectivity index (χ1) is 14.2. The zero-order valence-corrected chi connectivity index (χ0v) is 16.3. The minimum absolute atomic E-state index is 0.0946. The maximum Gasteiger partial charge on any atom is 0.262 e. The summed E-state index contributed by atoms with van der Waals surface area (Å²) in [6, 6.07) is 15.2. The van der Waals surface area contributed by atoms with Gasteiger partial charge in [0.15, 0.2) is 6.61 Å². The summed E-state index contributed by atoms with van der Waals surface area (Å²) in [5.74, 6) is 1.17. The first-order valence-corrected chi connectivity index (χ1v) is 9.70. The van der Waals surface area contributed by atoms with Crippen molar-refractivity contribution in [2.45, 2.75) is 25.9 Å². The third-order valence-electron chi connectivity index (χ3n) is 4.76. The summed E-state index contributed by atoms with van der Waals surface area (Å²) in [6.45, 7) is 3.20. The molecular formula is C22H23N3O4. The molecule has 1 aliphatic heterocycles. The predicted molar refractivity (Wildman–Crippen MR) is 107 cm³/mol. The molecule has 3 aromatic rings. The number of hydrogen-bond donors (Lipinski definition) is 1. The molecule has 0 saturated carbocycles. The van der Waals surface area contributed by atoms with Gasteiger partial charge in [-0.1, -0.05) is 47.1 Å². The molecule has 29 heavy (non-hydrogen) atoms. The normalized spacial score (nSPS) is 16.0. The number of amides is 1. The van der Waals surface area contributed by atoms with Crippen molar-refractivity contribution in [3.05, 3.63) is 54.1 Å². The minimum atomic E-state index is -0.193. The molecule has 1 N–H and O–H groups in total. The first-order valence-electron chi connectivity index (χ1n) is 9.70. The van der Waals surface area contributed by atoms with E-state index in [0.29, 0.717) is 29.6 Å². The summed E-state index contributed by atoms with van der Waals surface area (Å²) < 4.78 is 16.7. The van der Waals surface area contributed by atoms with Crippen molar-refractivity contribution in [1.82, 2.24) is 15.5 Å². The maximum atomic E-state index is 12.1. The van der Waals surface area contributed by atoms with E-state index in [2.05, 4.69) is 15.5 Å². The summed E-state index contributed by atoms with van der Waals surface area (Å²) in [5.41, 5.74) is 2.68. The van der Waals surface area contributed by atoms with E-state index >= 15 is 0 Å². The van der Waals surface area contributed by atoms with Crippen LogP contribution in [0.25, 0.3) is 22.8 Å². The van der Waals surface area contributed by atoms with E-state index in [4.69, 9.17) is 14.0 Å². The van der Waals surface area contributed by atoms with Crippen molar-refractivity contribution in [1.29, 1.82) is 0 Å². The third-order valence-corrected chi connectivity index (χ3v) is 4.76. The second-order valence-corrected chi connectivity index (χ2v) is 7.01. The van der Waals surface area contributed by atoms with E-state index in [9.17, 15) is 4.79 Å². The van der Waals surface area contributed by atoms with Crippen molar-refractivity contribution in [3.8, 4) is 28.6 Å². The van der Waals surface area contributed by atoms with Gasteiger partial charge in [0.1, 0.15) is 5.75 Å². The topological polar surface area (TPSA) is 86.5 Å². The largest absolute Gasteiger partial charge is 0.483 e. The lowest BCUT2D eigenvalue weighted by Gasteiger charge is -2.12. The molecule has 0 aliphatic carbocycles. The van der Waals surface area contributed by atoms with Crippen molar-refractivity contribution < 1.29 is 18.8 Å². The zero-order chi connectivity index (χ0) is 20.1. The van der Waals surface area contributed by atoms with Crippen LogP contribution < -0.4 is 10.1 Å². The molecule has 7 nitrogen and oxygen atoms in total. The van der Waals surface area contributed by atoms with E-state index in [1.165, 1.54) is 0 Å². The van der Waals surface area contributed by atoms with Crippen LogP contribution >= 0.6 is 0 Å². The van der Waals surface area contributed by atoms with Crippen LogP contribution in [-0.2, 0) is 9.53 Å². The molecule has 0 radical (unpaired) electrons. The molecule has 2 heterocycles. The highest BCUT2D eigenvalue weighted by atomic mass is 16.5. The fraction of sp³-hybridized carbons (Fsp3) is 0.318. The summed E-state index contributed by atoms with van der Waals surface area (Å²) in [6.07, 6.45) is 2.12.